The summed E-state index contributed by atoms with van der Waals surface area (Å²) < 4.78 is 5.18. The quantitative estimate of drug-likeness (QED) is 0.725. The summed E-state index contributed by atoms with van der Waals surface area (Å²) in [6.45, 7) is 6.60. The zero-order valence-corrected chi connectivity index (χ0v) is 10.9. The predicted molar refractivity (Wildman–Crippen MR) is 65.0 cm³/mol. The molecule has 7 heteroatoms. The minimum absolute atomic E-state index is 0.210. The topological polar surface area (TPSA) is 82.1 Å². The molecule has 1 aliphatic heterocycles. The summed E-state index contributed by atoms with van der Waals surface area (Å²) in [7, 11) is 0. The molecule has 0 radical (unpaired) electrons. The number of carbonyl (C=O) groups is 2. The number of rotatable bonds is 5. The second-order valence-electron chi connectivity index (χ2n) is 4.29. The van der Waals surface area contributed by atoms with Crippen molar-refractivity contribution < 1.29 is 19.4 Å². The second kappa shape index (κ2) is 7.17. The molecule has 2 amide bonds. The molecule has 7 nitrogen and oxygen atoms in total. The largest absolute Gasteiger partial charge is 0.481 e. The van der Waals surface area contributed by atoms with Gasteiger partial charge in [0, 0.05) is 26.2 Å². The molecule has 0 aliphatic carbocycles. The minimum Gasteiger partial charge on any atom is -0.481 e. The van der Waals surface area contributed by atoms with Crippen molar-refractivity contribution in [1.29, 1.82) is 0 Å². The first-order valence-corrected chi connectivity index (χ1v) is 6.15. The van der Waals surface area contributed by atoms with Crippen LogP contribution in [0.25, 0.3) is 0 Å². The molecule has 2 N–H and O–H groups in total. The Morgan fingerprint density at radius 3 is 2.56 bits per heavy atom. The standard InChI is InChI=1S/C11H21N3O4/c1-3-13(8-9(2)10(15)16)11(17)12-14-4-6-18-7-5-14/h9H,3-8H2,1-2H3,(H,12,17)(H,15,16). The number of urea groups is 1. The molecule has 0 bridgehead atoms. The average Bonchev–Trinajstić information content (AvgIpc) is 2.36. The van der Waals surface area contributed by atoms with Crippen LogP contribution in [0.15, 0.2) is 0 Å². The normalized spacial score (nSPS) is 18.1. The van der Waals surface area contributed by atoms with Gasteiger partial charge in [0.2, 0.25) is 0 Å². The van der Waals surface area contributed by atoms with E-state index in [0.717, 1.165) is 0 Å². The lowest BCUT2D eigenvalue weighted by atomic mass is 10.2. The predicted octanol–water partition coefficient (Wildman–Crippen LogP) is -0.0142. The van der Waals surface area contributed by atoms with Crippen molar-refractivity contribution in [2.75, 3.05) is 39.4 Å². The van der Waals surface area contributed by atoms with Crippen LogP contribution in [0.4, 0.5) is 4.79 Å². The van der Waals surface area contributed by atoms with E-state index in [1.807, 2.05) is 6.92 Å². The van der Waals surface area contributed by atoms with Gasteiger partial charge in [0.15, 0.2) is 0 Å². The molecule has 104 valence electrons. The third kappa shape index (κ3) is 4.50. The number of nitrogens with one attached hydrogen (secondary N) is 1. The number of hydrogen-bond acceptors (Lipinski definition) is 4. The summed E-state index contributed by atoms with van der Waals surface area (Å²) in [4.78, 5) is 24.2. The molecule has 0 aromatic carbocycles. The molecule has 0 aromatic rings. The van der Waals surface area contributed by atoms with Gasteiger partial charge < -0.3 is 14.7 Å². The SMILES string of the molecule is CCN(CC(C)C(=O)O)C(=O)NN1CCOCC1. The summed E-state index contributed by atoms with van der Waals surface area (Å²) >= 11 is 0. The molecular weight excluding hydrogens is 238 g/mol. The summed E-state index contributed by atoms with van der Waals surface area (Å²) in [5.74, 6) is -1.46. The summed E-state index contributed by atoms with van der Waals surface area (Å²) in [6, 6.07) is -0.257. The van der Waals surface area contributed by atoms with E-state index in [1.54, 1.807) is 11.9 Å². The van der Waals surface area contributed by atoms with E-state index in [9.17, 15) is 9.59 Å². The van der Waals surface area contributed by atoms with E-state index in [1.165, 1.54) is 4.90 Å². The third-order valence-electron chi connectivity index (χ3n) is 2.85. The molecule has 1 fully saturated rings. The van der Waals surface area contributed by atoms with Gasteiger partial charge in [0.1, 0.15) is 0 Å². The van der Waals surface area contributed by atoms with Crippen molar-refractivity contribution in [1.82, 2.24) is 15.3 Å². The van der Waals surface area contributed by atoms with E-state index >= 15 is 0 Å². The molecule has 1 unspecified atom stereocenters. The summed E-state index contributed by atoms with van der Waals surface area (Å²) in [6.07, 6.45) is 0. The Bertz CT molecular complexity index is 292. The molecule has 1 aliphatic rings. The van der Waals surface area contributed by atoms with E-state index in [4.69, 9.17) is 9.84 Å². The van der Waals surface area contributed by atoms with Gasteiger partial charge in [-0.3, -0.25) is 10.2 Å². The van der Waals surface area contributed by atoms with Gasteiger partial charge in [0.05, 0.1) is 19.1 Å². The molecule has 18 heavy (non-hydrogen) atoms. The van der Waals surface area contributed by atoms with Crippen LogP contribution in [0.5, 0.6) is 0 Å². The molecule has 0 spiro atoms. The van der Waals surface area contributed by atoms with E-state index in [-0.39, 0.29) is 12.6 Å². The highest BCUT2D eigenvalue weighted by molar-refractivity contribution is 5.75. The fraction of sp³-hybridized carbons (Fsp3) is 0.818. The Balaban J connectivity index is 2.43. The van der Waals surface area contributed by atoms with Crippen molar-refractivity contribution in [3.8, 4) is 0 Å². The van der Waals surface area contributed by atoms with Gasteiger partial charge in [-0.05, 0) is 6.92 Å². The maximum atomic E-state index is 11.9. The molecule has 1 rings (SSSR count). The highest BCUT2D eigenvalue weighted by atomic mass is 16.5. The lowest BCUT2D eigenvalue weighted by molar-refractivity contribution is -0.141. The zero-order valence-electron chi connectivity index (χ0n) is 10.9. The van der Waals surface area contributed by atoms with E-state index < -0.39 is 11.9 Å². The number of aliphatic carboxylic acids is 1. The number of morpholine rings is 1. The first-order chi connectivity index (χ1) is 8.54. The van der Waals surface area contributed by atoms with Crippen molar-refractivity contribution in [2.45, 2.75) is 13.8 Å². The number of amides is 2. The Kier molecular flexibility index (Phi) is 5.87. The molecule has 1 atom stereocenters. The number of hydrogen-bond donors (Lipinski definition) is 2. The lowest BCUT2D eigenvalue weighted by Gasteiger charge is -2.30. The Morgan fingerprint density at radius 1 is 1.44 bits per heavy atom. The van der Waals surface area contributed by atoms with Gasteiger partial charge in [0.25, 0.3) is 0 Å². The minimum atomic E-state index is -0.896. The van der Waals surface area contributed by atoms with Crippen LogP contribution < -0.4 is 5.43 Å². The number of ether oxygens (including phenoxy) is 1. The second-order valence-corrected chi connectivity index (χ2v) is 4.29. The Morgan fingerprint density at radius 2 is 2.06 bits per heavy atom. The number of carbonyl (C=O) groups excluding carboxylic acids is 1. The molecular formula is C11H21N3O4. The fourth-order valence-electron chi connectivity index (χ4n) is 1.65. The third-order valence-corrected chi connectivity index (χ3v) is 2.85. The molecule has 0 aromatic heterocycles. The van der Waals surface area contributed by atoms with Crippen LogP contribution in [0.2, 0.25) is 0 Å². The van der Waals surface area contributed by atoms with Crippen LogP contribution in [-0.2, 0) is 9.53 Å². The van der Waals surface area contributed by atoms with Gasteiger partial charge in [-0.2, -0.15) is 0 Å². The first kappa shape index (κ1) is 14.7. The molecule has 0 saturated carbocycles. The van der Waals surface area contributed by atoms with Gasteiger partial charge in [-0.25, -0.2) is 9.80 Å². The van der Waals surface area contributed by atoms with E-state index in [2.05, 4.69) is 5.43 Å². The Hall–Kier alpha value is -1.34. The molecule has 1 heterocycles. The average molecular weight is 259 g/mol. The van der Waals surface area contributed by atoms with Crippen LogP contribution in [0.3, 0.4) is 0 Å². The van der Waals surface area contributed by atoms with Crippen LogP contribution in [-0.4, -0.2) is 66.4 Å². The van der Waals surface area contributed by atoms with Crippen molar-refractivity contribution in [2.24, 2.45) is 5.92 Å². The zero-order chi connectivity index (χ0) is 13.5. The lowest BCUT2D eigenvalue weighted by Crippen LogP contribution is -2.53. The van der Waals surface area contributed by atoms with Gasteiger partial charge in [-0.1, -0.05) is 6.92 Å². The van der Waals surface area contributed by atoms with Gasteiger partial charge >= 0.3 is 12.0 Å². The van der Waals surface area contributed by atoms with Crippen LogP contribution in [0, 0.1) is 5.92 Å². The van der Waals surface area contributed by atoms with Crippen LogP contribution in [0.1, 0.15) is 13.8 Å². The number of hydrazine groups is 1. The van der Waals surface area contributed by atoms with Gasteiger partial charge in [-0.15, -0.1) is 0 Å². The number of nitrogens with zero attached hydrogens (tertiary/aromatic N) is 2. The highest BCUT2D eigenvalue weighted by Gasteiger charge is 2.21. The van der Waals surface area contributed by atoms with E-state index in [0.29, 0.717) is 32.8 Å². The number of carboxylic acids is 1. The number of carboxylic acid groups (broad SMARTS) is 1. The maximum Gasteiger partial charge on any atom is 0.331 e. The Labute approximate surface area is 107 Å². The summed E-state index contributed by atoms with van der Waals surface area (Å²) in [5.41, 5.74) is 2.76. The van der Waals surface area contributed by atoms with Crippen molar-refractivity contribution in [3.63, 3.8) is 0 Å². The first-order valence-electron chi connectivity index (χ1n) is 6.15. The van der Waals surface area contributed by atoms with Crippen LogP contribution >= 0.6 is 0 Å². The maximum absolute atomic E-state index is 11.9. The smallest absolute Gasteiger partial charge is 0.331 e. The molecule has 1 saturated heterocycles. The fourth-order valence-corrected chi connectivity index (χ4v) is 1.65. The van der Waals surface area contributed by atoms with Crippen molar-refractivity contribution >= 4 is 12.0 Å². The highest BCUT2D eigenvalue weighted by Crippen LogP contribution is 2.02. The monoisotopic (exact) mass is 259 g/mol. The summed E-state index contributed by atoms with van der Waals surface area (Å²) in [5, 5.41) is 10.6. The van der Waals surface area contributed by atoms with Crippen molar-refractivity contribution in [3.05, 3.63) is 0 Å².